The number of hydrogen-bond acceptors (Lipinski definition) is 2. The van der Waals surface area contributed by atoms with Crippen LogP contribution in [0.15, 0.2) is 49.1 Å². The minimum atomic E-state index is -0.337. The van der Waals surface area contributed by atoms with Gasteiger partial charge in [0.2, 0.25) is 0 Å². The lowest BCUT2D eigenvalue weighted by molar-refractivity contribution is -0.0211. The molecular weight excluding hydrogens is 270 g/mol. The molecule has 0 bridgehead atoms. The Hall–Kier alpha value is -1.12. The van der Waals surface area contributed by atoms with Crippen molar-refractivity contribution in [1.82, 2.24) is 4.90 Å². The summed E-state index contributed by atoms with van der Waals surface area (Å²) in [7, 11) is 0. The van der Waals surface area contributed by atoms with Crippen LogP contribution in [0.2, 0.25) is 0 Å². The predicted octanol–water partition coefficient (Wildman–Crippen LogP) is 4.69. The molecule has 1 rings (SSSR count). The highest BCUT2D eigenvalue weighted by molar-refractivity contribution is 5.32. The van der Waals surface area contributed by atoms with Crippen LogP contribution in [-0.4, -0.2) is 28.3 Å². The highest BCUT2D eigenvalue weighted by Gasteiger charge is 2.39. The number of rotatable bonds is 8. The lowest BCUT2D eigenvalue weighted by atomic mass is 9.87. The van der Waals surface area contributed by atoms with E-state index in [2.05, 4.69) is 52.3 Å². The molecular formula is C20H33NO. The second-order valence-corrected chi connectivity index (χ2v) is 6.77. The molecule has 22 heavy (non-hydrogen) atoms. The first kappa shape index (κ1) is 18.9. The van der Waals surface area contributed by atoms with Crippen LogP contribution in [0.4, 0.5) is 0 Å². The van der Waals surface area contributed by atoms with Crippen LogP contribution in [0.5, 0.6) is 0 Å². The van der Waals surface area contributed by atoms with Gasteiger partial charge in [0.25, 0.3) is 0 Å². The molecule has 124 valence electrons. The number of allylic oxidation sites excluding steroid dienone is 4. The second-order valence-electron chi connectivity index (χ2n) is 6.77. The van der Waals surface area contributed by atoms with E-state index in [4.69, 9.17) is 0 Å². The summed E-state index contributed by atoms with van der Waals surface area (Å²) in [5, 5.41) is 10.4. The zero-order chi connectivity index (χ0) is 16.9. The highest BCUT2D eigenvalue weighted by atomic mass is 16.3. The molecule has 0 aromatic carbocycles. The summed E-state index contributed by atoms with van der Waals surface area (Å²) < 4.78 is 0. The smallest absolute Gasteiger partial charge is 0.107 e. The molecule has 0 aromatic rings. The van der Waals surface area contributed by atoms with Gasteiger partial charge in [0.15, 0.2) is 0 Å². The molecule has 1 aliphatic rings. The number of nitrogens with zero attached hydrogens (tertiary/aromatic N) is 1. The van der Waals surface area contributed by atoms with Crippen LogP contribution in [0.1, 0.15) is 47.0 Å². The monoisotopic (exact) mass is 303 g/mol. The Morgan fingerprint density at radius 2 is 1.91 bits per heavy atom. The maximum absolute atomic E-state index is 10.4. The zero-order valence-corrected chi connectivity index (χ0v) is 14.8. The molecule has 1 N–H and O–H groups in total. The van der Waals surface area contributed by atoms with Crippen LogP contribution in [0, 0.1) is 11.8 Å². The van der Waals surface area contributed by atoms with Gasteiger partial charge in [-0.05, 0) is 56.1 Å². The molecule has 2 heteroatoms. The fourth-order valence-corrected chi connectivity index (χ4v) is 3.60. The third-order valence-electron chi connectivity index (χ3n) is 5.07. The van der Waals surface area contributed by atoms with Gasteiger partial charge in [-0.3, -0.25) is 4.90 Å². The van der Waals surface area contributed by atoms with Gasteiger partial charge in [-0.2, -0.15) is 0 Å². The Bertz CT molecular complexity index is 437. The number of aliphatic hydroxyl groups excluding tert-OH is 1. The molecule has 2 nitrogen and oxygen atoms in total. The number of likely N-dealkylation sites (tertiary alicyclic amines) is 1. The standard InChI is InChI=1S/C20H33NO/c1-8-10-15(4)17(6)18(7)19-11-12-20(22)21(19)16(5)13-14(3)9-2/h8-10,14,16,18-20,22H,1-2,6,11-13H2,3-5,7H3. The lowest BCUT2D eigenvalue weighted by Crippen LogP contribution is -2.46. The van der Waals surface area contributed by atoms with E-state index in [9.17, 15) is 5.11 Å². The van der Waals surface area contributed by atoms with Gasteiger partial charge in [-0.1, -0.05) is 45.2 Å². The van der Waals surface area contributed by atoms with Crippen LogP contribution < -0.4 is 0 Å². The van der Waals surface area contributed by atoms with Gasteiger partial charge >= 0.3 is 0 Å². The summed E-state index contributed by atoms with van der Waals surface area (Å²) in [6.45, 7) is 20.6. The predicted molar refractivity (Wildman–Crippen MR) is 96.6 cm³/mol. The van der Waals surface area contributed by atoms with E-state index in [1.165, 1.54) is 5.57 Å². The van der Waals surface area contributed by atoms with Gasteiger partial charge in [-0.15, -0.1) is 6.58 Å². The van der Waals surface area contributed by atoms with Crippen molar-refractivity contribution in [1.29, 1.82) is 0 Å². The van der Waals surface area contributed by atoms with Crippen LogP contribution >= 0.6 is 0 Å². The van der Waals surface area contributed by atoms with Gasteiger partial charge in [0.1, 0.15) is 6.23 Å². The van der Waals surface area contributed by atoms with Crippen molar-refractivity contribution in [3.63, 3.8) is 0 Å². The van der Waals surface area contributed by atoms with E-state index in [0.29, 0.717) is 23.9 Å². The lowest BCUT2D eigenvalue weighted by Gasteiger charge is -2.38. The SMILES string of the molecule is C=CC=C(C)C(=C)C(C)C1CCC(O)N1C(C)CC(C)C=C. The molecule has 1 heterocycles. The average Bonchev–Trinajstić information content (AvgIpc) is 2.87. The van der Waals surface area contributed by atoms with Crippen LogP contribution in [0.3, 0.4) is 0 Å². The van der Waals surface area contributed by atoms with Gasteiger partial charge in [0, 0.05) is 12.1 Å². The molecule has 0 amide bonds. The van der Waals surface area contributed by atoms with Crippen molar-refractivity contribution in [2.75, 3.05) is 0 Å². The summed E-state index contributed by atoms with van der Waals surface area (Å²) in [4.78, 5) is 2.29. The fourth-order valence-electron chi connectivity index (χ4n) is 3.60. The van der Waals surface area contributed by atoms with E-state index in [-0.39, 0.29) is 6.23 Å². The maximum Gasteiger partial charge on any atom is 0.107 e. The largest absolute Gasteiger partial charge is 0.378 e. The summed E-state index contributed by atoms with van der Waals surface area (Å²) in [5.41, 5.74) is 2.32. The maximum atomic E-state index is 10.4. The molecule has 0 spiro atoms. The normalized spacial score (nSPS) is 27.2. The molecule has 0 radical (unpaired) electrons. The average molecular weight is 303 g/mol. The Morgan fingerprint density at radius 3 is 2.45 bits per heavy atom. The minimum absolute atomic E-state index is 0.329. The van der Waals surface area contributed by atoms with Crippen molar-refractivity contribution >= 4 is 0 Å². The third-order valence-corrected chi connectivity index (χ3v) is 5.07. The summed E-state index contributed by atoms with van der Waals surface area (Å²) in [6, 6.07) is 0.692. The van der Waals surface area contributed by atoms with Crippen molar-refractivity contribution < 1.29 is 5.11 Å². The van der Waals surface area contributed by atoms with Gasteiger partial charge in [-0.25, -0.2) is 0 Å². The highest BCUT2D eigenvalue weighted by Crippen LogP contribution is 2.35. The first-order chi connectivity index (χ1) is 10.3. The number of hydrogen-bond donors (Lipinski definition) is 1. The minimum Gasteiger partial charge on any atom is -0.378 e. The van der Waals surface area contributed by atoms with Crippen LogP contribution in [-0.2, 0) is 0 Å². The zero-order valence-electron chi connectivity index (χ0n) is 14.8. The van der Waals surface area contributed by atoms with E-state index < -0.39 is 0 Å². The van der Waals surface area contributed by atoms with Gasteiger partial charge < -0.3 is 5.11 Å². The first-order valence-corrected chi connectivity index (χ1v) is 8.40. The first-order valence-electron chi connectivity index (χ1n) is 8.40. The third kappa shape index (κ3) is 4.44. The van der Waals surface area contributed by atoms with Gasteiger partial charge in [0.05, 0.1) is 0 Å². The van der Waals surface area contributed by atoms with Crippen molar-refractivity contribution in [2.45, 2.75) is 65.3 Å². The summed E-state index contributed by atoms with van der Waals surface area (Å²) in [6.07, 6.45) is 8.37. The van der Waals surface area contributed by atoms with Crippen LogP contribution in [0.25, 0.3) is 0 Å². The topological polar surface area (TPSA) is 23.5 Å². The summed E-state index contributed by atoms with van der Waals surface area (Å²) >= 11 is 0. The van der Waals surface area contributed by atoms with Crippen molar-refractivity contribution in [2.24, 2.45) is 11.8 Å². The summed E-state index contributed by atoms with van der Waals surface area (Å²) in [5.74, 6) is 0.791. The fraction of sp³-hybridized carbons (Fsp3) is 0.600. The van der Waals surface area contributed by atoms with E-state index in [1.54, 1.807) is 0 Å². The second kappa shape index (κ2) is 8.50. The van der Waals surface area contributed by atoms with E-state index in [0.717, 1.165) is 24.8 Å². The molecule has 0 aliphatic carbocycles. The molecule has 1 aliphatic heterocycles. The molecule has 1 saturated heterocycles. The number of aliphatic hydroxyl groups is 1. The van der Waals surface area contributed by atoms with E-state index >= 15 is 0 Å². The Morgan fingerprint density at radius 1 is 1.27 bits per heavy atom. The van der Waals surface area contributed by atoms with E-state index in [1.807, 2.05) is 18.2 Å². The Kier molecular flexibility index (Phi) is 7.31. The molecule has 1 fully saturated rings. The van der Waals surface area contributed by atoms with Crippen molar-refractivity contribution in [3.8, 4) is 0 Å². The van der Waals surface area contributed by atoms with Crippen molar-refractivity contribution in [3.05, 3.63) is 49.1 Å². The Balaban J connectivity index is 2.87. The Labute approximate surface area is 136 Å². The molecule has 0 saturated carbocycles. The molecule has 5 unspecified atom stereocenters. The molecule has 0 aromatic heterocycles. The quantitative estimate of drug-likeness (QED) is 0.519. The molecule has 5 atom stereocenters.